The zero-order chi connectivity index (χ0) is 12.5. The van der Waals surface area contributed by atoms with E-state index in [0.29, 0.717) is 12.1 Å². The fourth-order valence-corrected chi connectivity index (χ4v) is 2.72. The van der Waals surface area contributed by atoms with Crippen molar-refractivity contribution in [1.29, 1.82) is 0 Å². The Morgan fingerprint density at radius 3 is 2.94 bits per heavy atom. The minimum Gasteiger partial charge on any atom is -0.341 e. The molecule has 2 aromatic rings. The normalized spacial score (nSPS) is 21.8. The van der Waals surface area contributed by atoms with Crippen LogP contribution in [-0.2, 0) is 0 Å². The van der Waals surface area contributed by atoms with Crippen LogP contribution in [0.25, 0.3) is 11.0 Å². The summed E-state index contributed by atoms with van der Waals surface area (Å²) in [7, 11) is 0. The number of hydrogen-bond acceptors (Lipinski definition) is 3. The molecule has 0 saturated carbocycles. The van der Waals surface area contributed by atoms with Gasteiger partial charge < -0.3 is 10.3 Å². The van der Waals surface area contributed by atoms with Crippen molar-refractivity contribution in [2.75, 3.05) is 19.6 Å². The number of rotatable bonds is 2. The number of para-hydroxylation sites is 2. The lowest BCUT2D eigenvalue weighted by molar-refractivity contribution is 0.119. The maximum atomic E-state index is 4.73. The molecule has 2 heterocycles. The predicted molar refractivity (Wildman–Crippen MR) is 73.5 cm³/mol. The largest absolute Gasteiger partial charge is 0.341 e. The smallest absolute Gasteiger partial charge is 0.125 e. The quantitative estimate of drug-likeness (QED) is 0.848. The third-order valence-corrected chi connectivity index (χ3v) is 3.67. The van der Waals surface area contributed by atoms with Crippen LogP contribution in [0.2, 0.25) is 0 Å². The van der Waals surface area contributed by atoms with Gasteiger partial charge in [-0.2, -0.15) is 0 Å². The molecular weight excluding hydrogens is 224 g/mol. The summed E-state index contributed by atoms with van der Waals surface area (Å²) in [5.41, 5.74) is 2.18. The van der Waals surface area contributed by atoms with Gasteiger partial charge in [0.1, 0.15) is 5.82 Å². The standard InChI is InChI=1S/C14H20N4/c1-10(2)18-8-7-15-9-13(18)14-16-11-5-3-4-6-12(11)17-14/h3-6,10,13,15H,7-9H2,1-2H3,(H,16,17). The number of nitrogens with one attached hydrogen (secondary N) is 2. The number of piperazine rings is 1. The van der Waals surface area contributed by atoms with Crippen molar-refractivity contribution in [2.24, 2.45) is 0 Å². The molecule has 1 aromatic carbocycles. The van der Waals surface area contributed by atoms with Gasteiger partial charge >= 0.3 is 0 Å². The summed E-state index contributed by atoms with van der Waals surface area (Å²) in [4.78, 5) is 10.7. The Hall–Kier alpha value is -1.39. The molecule has 4 heteroatoms. The number of benzene rings is 1. The highest BCUT2D eigenvalue weighted by molar-refractivity contribution is 5.74. The van der Waals surface area contributed by atoms with Crippen LogP contribution < -0.4 is 5.32 Å². The number of H-pyrrole nitrogens is 1. The van der Waals surface area contributed by atoms with Gasteiger partial charge in [-0.05, 0) is 26.0 Å². The highest BCUT2D eigenvalue weighted by atomic mass is 15.3. The van der Waals surface area contributed by atoms with E-state index in [1.807, 2.05) is 12.1 Å². The lowest BCUT2D eigenvalue weighted by Crippen LogP contribution is -2.49. The highest BCUT2D eigenvalue weighted by Crippen LogP contribution is 2.24. The van der Waals surface area contributed by atoms with Gasteiger partial charge in [0, 0.05) is 25.7 Å². The van der Waals surface area contributed by atoms with Gasteiger partial charge in [0.15, 0.2) is 0 Å². The first-order valence-electron chi connectivity index (χ1n) is 6.67. The van der Waals surface area contributed by atoms with E-state index in [4.69, 9.17) is 4.98 Å². The van der Waals surface area contributed by atoms with Crippen molar-refractivity contribution in [3.63, 3.8) is 0 Å². The first kappa shape index (κ1) is 11.7. The fourth-order valence-electron chi connectivity index (χ4n) is 2.72. The Labute approximate surface area is 107 Å². The second-order valence-electron chi connectivity index (χ2n) is 5.19. The van der Waals surface area contributed by atoms with Crippen LogP contribution in [0.3, 0.4) is 0 Å². The molecule has 1 atom stereocenters. The summed E-state index contributed by atoms with van der Waals surface area (Å²) in [6, 6.07) is 9.12. The molecule has 1 aromatic heterocycles. The first-order valence-corrected chi connectivity index (χ1v) is 6.67. The fraction of sp³-hybridized carbons (Fsp3) is 0.500. The van der Waals surface area contributed by atoms with E-state index >= 15 is 0 Å². The summed E-state index contributed by atoms with van der Waals surface area (Å²) in [6.07, 6.45) is 0. The molecule has 1 saturated heterocycles. The molecule has 0 spiro atoms. The zero-order valence-electron chi connectivity index (χ0n) is 11.0. The molecule has 96 valence electrons. The maximum Gasteiger partial charge on any atom is 0.125 e. The van der Waals surface area contributed by atoms with Crippen molar-refractivity contribution >= 4 is 11.0 Å². The van der Waals surface area contributed by atoms with E-state index in [1.54, 1.807) is 0 Å². The lowest BCUT2D eigenvalue weighted by atomic mass is 10.1. The Bertz CT molecular complexity index is 498. The summed E-state index contributed by atoms with van der Waals surface area (Å²) < 4.78 is 0. The van der Waals surface area contributed by atoms with E-state index in [9.17, 15) is 0 Å². The first-order chi connectivity index (χ1) is 8.75. The average molecular weight is 244 g/mol. The third kappa shape index (κ3) is 2.02. The van der Waals surface area contributed by atoms with E-state index in [0.717, 1.165) is 36.5 Å². The maximum absolute atomic E-state index is 4.73. The van der Waals surface area contributed by atoms with Gasteiger partial charge in [0.2, 0.25) is 0 Å². The molecule has 1 fully saturated rings. The lowest BCUT2D eigenvalue weighted by Gasteiger charge is -2.37. The van der Waals surface area contributed by atoms with E-state index in [1.165, 1.54) is 0 Å². The minimum atomic E-state index is 0.353. The number of aromatic amines is 1. The van der Waals surface area contributed by atoms with Crippen molar-refractivity contribution in [1.82, 2.24) is 20.2 Å². The van der Waals surface area contributed by atoms with Crippen molar-refractivity contribution < 1.29 is 0 Å². The predicted octanol–water partition coefficient (Wildman–Crippen LogP) is 1.92. The molecule has 0 radical (unpaired) electrons. The SMILES string of the molecule is CC(C)N1CCNCC1c1nc2ccccc2[nH]1. The molecule has 1 aliphatic heterocycles. The van der Waals surface area contributed by atoms with Gasteiger partial charge in [-0.25, -0.2) is 4.98 Å². The zero-order valence-corrected chi connectivity index (χ0v) is 11.0. The Balaban J connectivity index is 1.96. The summed E-state index contributed by atoms with van der Waals surface area (Å²) in [5, 5.41) is 3.46. The van der Waals surface area contributed by atoms with Crippen LogP contribution in [0.5, 0.6) is 0 Å². The molecule has 2 N–H and O–H groups in total. The molecular formula is C14H20N4. The molecule has 18 heavy (non-hydrogen) atoms. The monoisotopic (exact) mass is 244 g/mol. The van der Waals surface area contributed by atoms with Gasteiger partial charge in [-0.3, -0.25) is 4.90 Å². The second-order valence-corrected chi connectivity index (χ2v) is 5.19. The summed E-state index contributed by atoms with van der Waals surface area (Å²) in [5.74, 6) is 1.08. The molecule has 1 aliphatic rings. The van der Waals surface area contributed by atoms with Crippen LogP contribution in [-0.4, -0.2) is 40.5 Å². The van der Waals surface area contributed by atoms with Gasteiger partial charge in [-0.15, -0.1) is 0 Å². The number of fused-ring (bicyclic) bond motifs is 1. The topological polar surface area (TPSA) is 44.0 Å². The molecule has 3 rings (SSSR count). The van der Waals surface area contributed by atoms with E-state index in [2.05, 4.69) is 41.2 Å². The van der Waals surface area contributed by atoms with Gasteiger partial charge in [0.05, 0.1) is 17.1 Å². The third-order valence-electron chi connectivity index (χ3n) is 3.67. The molecule has 1 unspecified atom stereocenters. The molecule has 0 bridgehead atoms. The number of aromatic nitrogens is 2. The van der Waals surface area contributed by atoms with Crippen LogP contribution in [0, 0.1) is 0 Å². The molecule has 0 amide bonds. The molecule has 0 aliphatic carbocycles. The average Bonchev–Trinajstić information content (AvgIpc) is 2.82. The van der Waals surface area contributed by atoms with E-state index in [-0.39, 0.29) is 0 Å². The van der Waals surface area contributed by atoms with Crippen LogP contribution in [0.15, 0.2) is 24.3 Å². The number of hydrogen-bond donors (Lipinski definition) is 2. The Morgan fingerprint density at radius 2 is 2.17 bits per heavy atom. The second kappa shape index (κ2) is 4.71. The van der Waals surface area contributed by atoms with Gasteiger partial charge in [-0.1, -0.05) is 12.1 Å². The van der Waals surface area contributed by atoms with Crippen LogP contribution in [0.4, 0.5) is 0 Å². The van der Waals surface area contributed by atoms with Crippen molar-refractivity contribution in [2.45, 2.75) is 25.9 Å². The van der Waals surface area contributed by atoms with Crippen molar-refractivity contribution in [3.05, 3.63) is 30.1 Å². The van der Waals surface area contributed by atoms with Crippen LogP contribution >= 0.6 is 0 Å². The number of nitrogens with zero attached hydrogens (tertiary/aromatic N) is 2. The minimum absolute atomic E-state index is 0.353. The molecule has 4 nitrogen and oxygen atoms in total. The van der Waals surface area contributed by atoms with Gasteiger partial charge in [0.25, 0.3) is 0 Å². The Kier molecular flexibility index (Phi) is 3.06. The summed E-state index contributed by atoms with van der Waals surface area (Å²) >= 11 is 0. The summed E-state index contributed by atoms with van der Waals surface area (Å²) in [6.45, 7) is 7.62. The highest BCUT2D eigenvalue weighted by Gasteiger charge is 2.27. The Morgan fingerprint density at radius 1 is 1.33 bits per heavy atom. The number of imidazole rings is 1. The van der Waals surface area contributed by atoms with Crippen molar-refractivity contribution in [3.8, 4) is 0 Å². The van der Waals surface area contributed by atoms with E-state index < -0.39 is 0 Å². The van der Waals surface area contributed by atoms with Crippen LogP contribution in [0.1, 0.15) is 25.7 Å².